The SMILES string of the molecule is CCCCCCOc1cccn(Cc2ccc(CN)cc2)c1=O. The molecule has 4 heteroatoms. The summed E-state index contributed by atoms with van der Waals surface area (Å²) >= 11 is 0. The van der Waals surface area contributed by atoms with Gasteiger partial charge in [0.1, 0.15) is 0 Å². The monoisotopic (exact) mass is 314 g/mol. The summed E-state index contributed by atoms with van der Waals surface area (Å²) < 4.78 is 7.33. The van der Waals surface area contributed by atoms with Gasteiger partial charge in [-0.1, -0.05) is 50.5 Å². The summed E-state index contributed by atoms with van der Waals surface area (Å²) in [5.74, 6) is 0.433. The molecule has 1 heterocycles. The lowest BCUT2D eigenvalue weighted by Crippen LogP contribution is -2.22. The summed E-state index contributed by atoms with van der Waals surface area (Å²) in [6.45, 7) is 3.85. The van der Waals surface area contributed by atoms with Gasteiger partial charge in [0.2, 0.25) is 0 Å². The van der Waals surface area contributed by atoms with Gasteiger partial charge in [0.05, 0.1) is 13.2 Å². The number of rotatable bonds is 9. The van der Waals surface area contributed by atoms with Crippen molar-refractivity contribution in [2.24, 2.45) is 5.73 Å². The number of aromatic nitrogens is 1. The normalized spacial score (nSPS) is 10.7. The first-order chi connectivity index (χ1) is 11.2. The van der Waals surface area contributed by atoms with E-state index in [0.29, 0.717) is 25.4 Å². The van der Waals surface area contributed by atoms with Gasteiger partial charge in [0.15, 0.2) is 5.75 Å². The molecule has 0 saturated heterocycles. The smallest absolute Gasteiger partial charge is 0.293 e. The lowest BCUT2D eigenvalue weighted by Gasteiger charge is -2.10. The molecule has 0 radical (unpaired) electrons. The van der Waals surface area contributed by atoms with E-state index >= 15 is 0 Å². The van der Waals surface area contributed by atoms with Gasteiger partial charge in [-0.15, -0.1) is 0 Å². The van der Waals surface area contributed by atoms with Gasteiger partial charge in [-0.3, -0.25) is 4.79 Å². The predicted octanol–water partition coefficient (Wildman–Crippen LogP) is 3.31. The van der Waals surface area contributed by atoms with E-state index in [2.05, 4.69) is 6.92 Å². The van der Waals surface area contributed by atoms with Crippen LogP contribution < -0.4 is 16.0 Å². The van der Waals surface area contributed by atoms with Crippen LogP contribution >= 0.6 is 0 Å². The molecule has 4 nitrogen and oxygen atoms in total. The van der Waals surface area contributed by atoms with Crippen LogP contribution in [0.3, 0.4) is 0 Å². The highest BCUT2D eigenvalue weighted by molar-refractivity contribution is 5.24. The first-order valence-corrected chi connectivity index (χ1v) is 8.34. The van der Waals surface area contributed by atoms with Gasteiger partial charge in [0, 0.05) is 12.7 Å². The van der Waals surface area contributed by atoms with Crippen LogP contribution in [0.2, 0.25) is 0 Å². The number of nitrogens with two attached hydrogens (primary N) is 1. The van der Waals surface area contributed by atoms with E-state index < -0.39 is 0 Å². The molecule has 0 spiro atoms. The van der Waals surface area contributed by atoms with Crippen molar-refractivity contribution >= 4 is 0 Å². The molecule has 2 N–H and O–H groups in total. The van der Waals surface area contributed by atoms with Gasteiger partial charge >= 0.3 is 0 Å². The molecule has 0 aliphatic rings. The fraction of sp³-hybridized carbons (Fsp3) is 0.421. The molecule has 23 heavy (non-hydrogen) atoms. The standard InChI is InChI=1S/C19H26N2O2/c1-2-3-4-5-13-23-18-7-6-12-21(19(18)22)15-17-10-8-16(14-20)9-11-17/h6-12H,2-5,13-15,20H2,1H3. The van der Waals surface area contributed by atoms with Crippen molar-refractivity contribution in [2.45, 2.75) is 45.7 Å². The van der Waals surface area contributed by atoms with Crippen molar-refractivity contribution in [3.05, 3.63) is 64.1 Å². The molecule has 0 fully saturated rings. The van der Waals surface area contributed by atoms with Crippen LogP contribution in [0.4, 0.5) is 0 Å². The Hall–Kier alpha value is -2.07. The Kier molecular flexibility index (Phi) is 6.88. The Labute approximate surface area is 137 Å². The maximum Gasteiger partial charge on any atom is 0.293 e. The first kappa shape index (κ1) is 17.3. The number of nitrogens with zero attached hydrogens (tertiary/aromatic N) is 1. The Morgan fingerprint density at radius 3 is 2.48 bits per heavy atom. The second-order valence-electron chi connectivity index (χ2n) is 5.74. The molecule has 0 aliphatic carbocycles. The summed E-state index contributed by atoms with van der Waals surface area (Å²) in [7, 11) is 0. The largest absolute Gasteiger partial charge is 0.488 e. The van der Waals surface area contributed by atoms with Crippen LogP contribution in [-0.4, -0.2) is 11.2 Å². The molecule has 1 aromatic heterocycles. The zero-order valence-corrected chi connectivity index (χ0v) is 13.8. The minimum Gasteiger partial charge on any atom is -0.488 e. The van der Waals surface area contributed by atoms with Crippen molar-refractivity contribution in [3.8, 4) is 5.75 Å². The molecule has 1 aromatic carbocycles. The molecule has 0 aliphatic heterocycles. The molecule has 2 rings (SSSR count). The molecule has 0 amide bonds. The lowest BCUT2D eigenvalue weighted by molar-refractivity contribution is 0.299. The van der Waals surface area contributed by atoms with Crippen LogP contribution in [0.25, 0.3) is 0 Å². The second-order valence-corrected chi connectivity index (χ2v) is 5.74. The molecule has 0 unspecified atom stereocenters. The Morgan fingerprint density at radius 1 is 1.04 bits per heavy atom. The number of pyridine rings is 1. The van der Waals surface area contributed by atoms with E-state index in [1.807, 2.05) is 30.3 Å². The number of hydrogen-bond acceptors (Lipinski definition) is 3. The van der Waals surface area contributed by atoms with Crippen molar-refractivity contribution in [1.29, 1.82) is 0 Å². The van der Waals surface area contributed by atoms with E-state index in [1.54, 1.807) is 16.8 Å². The molecule has 0 saturated carbocycles. The zero-order chi connectivity index (χ0) is 16.5. The molecular weight excluding hydrogens is 288 g/mol. The van der Waals surface area contributed by atoms with E-state index in [9.17, 15) is 4.79 Å². The highest BCUT2D eigenvalue weighted by atomic mass is 16.5. The number of benzene rings is 1. The Morgan fingerprint density at radius 2 is 1.78 bits per heavy atom. The maximum atomic E-state index is 12.4. The van der Waals surface area contributed by atoms with Crippen molar-refractivity contribution in [3.63, 3.8) is 0 Å². The minimum atomic E-state index is -0.0779. The predicted molar refractivity (Wildman–Crippen MR) is 93.8 cm³/mol. The summed E-state index contributed by atoms with van der Waals surface area (Å²) in [5.41, 5.74) is 7.69. The topological polar surface area (TPSA) is 57.2 Å². The number of hydrogen-bond donors (Lipinski definition) is 1. The van der Waals surface area contributed by atoms with Crippen LogP contribution in [0.15, 0.2) is 47.4 Å². The summed E-state index contributed by atoms with van der Waals surface area (Å²) in [5, 5.41) is 0. The summed E-state index contributed by atoms with van der Waals surface area (Å²) in [6.07, 6.45) is 6.33. The van der Waals surface area contributed by atoms with Crippen LogP contribution in [0.5, 0.6) is 5.75 Å². The Balaban J connectivity index is 1.99. The number of ether oxygens (including phenoxy) is 1. The van der Waals surface area contributed by atoms with Gasteiger partial charge in [0.25, 0.3) is 5.56 Å². The van der Waals surface area contributed by atoms with Gasteiger partial charge in [-0.25, -0.2) is 0 Å². The Bertz CT molecular complexity index is 647. The third kappa shape index (κ3) is 5.25. The van der Waals surface area contributed by atoms with E-state index in [0.717, 1.165) is 24.0 Å². The van der Waals surface area contributed by atoms with Gasteiger partial charge in [-0.2, -0.15) is 0 Å². The van der Waals surface area contributed by atoms with Crippen molar-refractivity contribution in [2.75, 3.05) is 6.61 Å². The second kappa shape index (κ2) is 9.16. The number of unbranched alkanes of at least 4 members (excludes halogenated alkanes) is 3. The maximum absolute atomic E-state index is 12.4. The van der Waals surface area contributed by atoms with E-state index in [-0.39, 0.29) is 5.56 Å². The molecule has 2 aromatic rings. The molecule has 0 atom stereocenters. The minimum absolute atomic E-state index is 0.0779. The lowest BCUT2D eigenvalue weighted by atomic mass is 10.1. The summed E-state index contributed by atoms with van der Waals surface area (Å²) in [4.78, 5) is 12.4. The molecular formula is C19H26N2O2. The van der Waals surface area contributed by atoms with Crippen LogP contribution in [-0.2, 0) is 13.1 Å². The van der Waals surface area contributed by atoms with E-state index in [4.69, 9.17) is 10.5 Å². The summed E-state index contributed by atoms with van der Waals surface area (Å²) in [6, 6.07) is 11.6. The van der Waals surface area contributed by atoms with Crippen LogP contribution in [0.1, 0.15) is 43.7 Å². The third-order valence-corrected chi connectivity index (χ3v) is 3.85. The average Bonchev–Trinajstić information content (AvgIpc) is 2.58. The quantitative estimate of drug-likeness (QED) is 0.722. The van der Waals surface area contributed by atoms with Gasteiger partial charge in [-0.05, 0) is 29.7 Å². The third-order valence-electron chi connectivity index (χ3n) is 3.85. The van der Waals surface area contributed by atoms with Crippen molar-refractivity contribution in [1.82, 2.24) is 4.57 Å². The molecule has 124 valence electrons. The highest BCUT2D eigenvalue weighted by Crippen LogP contribution is 2.08. The average molecular weight is 314 g/mol. The zero-order valence-electron chi connectivity index (χ0n) is 13.8. The van der Waals surface area contributed by atoms with Crippen molar-refractivity contribution < 1.29 is 4.74 Å². The fourth-order valence-electron chi connectivity index (χ4n) is 2.44. The molecule has 0 bridgehead atoms. The van der Waals surface area contributed by atoms with E-state index in [1.165, 1.54) is 12.8 Å². The van der Waals surface area contributed by atoms with Crippen LogP contribution in [0, 0.1) is 0 Å². The fourth-order valence-corrected chi connectivity index (χ4v) is 2.44. The van der Waals surface area contributed by atoms with Gasteiger partial charge < -0.3 is 15.0 Å². The first-order valence-electron chi connectivity index (χ1n) is 8.34. The highest BCUT2D eigenvalue weighted by Gasteiger charge is 2.05.